The van der Waals surface area contributed by atoms with Crippen molar-refractivity contribution in [1.82, 2.24) is 0 Å². The molecule has 0 unspecified atom stereocenters. The van der Waals surface area contributed by atoms with E-state index in [1.165, 1.54) is 9.80 Å². The molecule has 178 valence electrons. The van der Waals surface area contributed by atoms with E-state index >= 15 is 0 Å². The van der Waals surface area contributed by atoms with Crippen LogP contribution in [-0.2, 0) is 9.47 Å². The zero-order valence-electron chi connectivity index (χ0n) is 19.7. The number of hydrogen-bond acceptors (Lipinski definition) is 6. The standard InChI is InChI=1S/C26H28N2O6/c1-5-33-25(29)27(21-12-8-14-23(17-21)31-3)19-10-7-11-20(16-19)28(26(30)34-6-2)22-13-9-15-24(18-22)32-4/h7-18H,5-6H2,1-4H3. The lowest BCUT2D eigenvalue weighted by atomic mass is 10.2. The van der Waals surface area contributed by atoms with Crippen molar-refractivity contribution in [3.05, 3.63) is 72.8 Å². The van der Waals surface area contributed by atoms with Crippen molar-refractivity contribution in [2.24, 2.45) is 0 Å². The van der Waals surface area contributed by atoms with Crippen molar-refractivity contribution >= 4 is 34.9 Å². The summed E-state index contributed by atoms with van der Waals surface area (Å²) in [4.78, 5) is 28.8. The first-order chi connectivity index (χ1) is 16.5. The fourth-order valence-electron chi connectivity index (χ4n) is 3.37. The largest absolute Gasteiger partial charge is 0.497 e. The van der Waals surface area contributed by atoms with Gasteiger partial charge in [0, 0.05) is 12.1 Å². The smallest absolute Gasteiger partial charge is 0.418 e. The minimum absolute atomic E-state index is 0.206. The molecule has 0 saturated heterocycles. The van der Waals surface area contributed by atoms with E-state index in [2.05, 4.69) is 0 Å². The van der Waals surface area contributed by atoms with Crippen LogP contribution >= 0.6 is 0 Å². The molecule has 0 N–H and O–H groups in total. The van der Waals surface area contributed by atoms with Crippen molar-refractivity contribution in [2.45, 2.75) is 13.8 Å². The Morgan fingerprint density at radius 1 is 0.618 bits per heavy atom. The Morgan fingerprint density at radius 2 is 0.971 bits per heavy atom. The van der Waals surface area contributed by atoms with Gasteiger partial charge in [-0.1, -0.05) is 18.2 Å². The van der Waals surface area contributed by atoms with Crippen molar-refractivity contribution < 1.29 is 28.5 Å². The molecule has 2 amide bonds. The van der Waals surface area contributed by atoms with Crippen LogP contribution in [0.15, 0.2) is 72.8 Å². The molecule has 0 aromatic heterocycles. The zero-order chi connectivity index (χ0) is 24.5. The minimum atomic E-state index is -0.558. The minimum Gasteiger partial charge on any atom is -0.497 e. The van der Waals surface area contributed by atoms with Gasteiger partial charge in [0.15, 0.2) is 0 Å². The number of benzene rings is 3. The zero-order valence-corrected chi connectivity index (χ0v) is 19.7. The van der Waals surface area contributed by atoms with Crippen LogP contribution in [0.3, 0.4) is 0 Å². The highest BCUT2D eigenvalue weighted by Crippen LogP contribution is 2.35. The molecule has 3 aromatic rings. The maximum atomic E-state index is 13.0. The van der Waals surface area contributed by atoms with E-state index < -0.39 is 12.2 Å². The summed E-state index contributed by atoms with van der Waals surface area (Å²) in [5.41, 5.74) is 2.11. The SMILES string of the molecule is CCOC(=O)N(c1cccc(OC)c1)c1cccc(N(C(=O)OCC)c2cccc(OC)c2)c1. The molecule has 0 fully saturated rings. The number of hydrogen-bond donors (Lipinski definition) is 0. The molecule has 0 aliphatic heterocycles. The van der Waals surface area contributed by atoms with Gasteiger partial charge < -0.3 is 18.9 Å². The highest BCUT2D eigenvalue weighted by Gasteiger charge is 2.24. The van der Waals surface area contributed by atoms with Crippen LogP contribution < -0.4 is 19.3 Å². The van der Waals surface area contributed by atoms with Crippen molar-refractivity contribution in [3.8, 4) is 11.5 Å². The first-order valence-corrected chi connectivity index (χ1v) is 10.8. The van der Waals surface area contributed by atoms with Crippen LogP contribution in [0.5, 0.6) is 11.5 Å². The van der Waals surface area contributed by atoms with Gasteiger partial charge in [-0.25, -0.2) is 19.4 Å². The third-order valence-electron chi connectivity index (χ3n) is 4.87. The first-order valence-electron chi connectivity index (χ1n) is 10.8. The van der Waals surface area contributed by atoms with Crippen molar-refractivity contribution in [3.63, 3.8) is 0 Å². The Hall–Kier alpha value is -4.20. The van der Waals surface area contributed by atoms with Gasteiger partial charge in [-0.2, -0.15) is 0 Å². The quantitative estimate of drug-likeness (QED) is 0.390. The summed E-state index contributed by atoms with van der Waals surface area (Å²) in [7, 11) is 3.11. The van der Waals surface area contributed by atoms with Crippen LogP contribution in [0.4, 0.5) is 32.3 Å². The third-order valence-corrected chi connectivity index (χ3v) is 4.87. The molecule has 0 heterocycles. The van der Waals surface area contributed by atoms with Gasteiger partial charge in [0.2, 0.25) is 0 Å². The number of rotatable bonds is 8. The number of carbonyl (C=O) groups is 2. The van der Waals surface area contributed by atoms with E-state index in [4.69, 9.17) is 18.9 Å². The van der Waals surface area contributed by atoms with Crippen molar-refractivity contribution in [2.75, 3.05) is 37.2 Å². The van der Waals surface area contributed by atoms with Crippen LogP contribution in [0.25, 0.3) is 0 Å². The summed E-state index contributed by atoms with van der Waals surface area (Å²) in [6.45, 7) is 3.89. The first kappa shape index (κ1) is 24.4. The molecule has 34 heavy (non-hydrogen) atoms. The molecule has 3 rings (SSSR count). The molecular formula is C26H28N2O6. The average Bonchev–Trinajstić information content (AvgIpc) is 2.85. The molecule has 0 bridgehead atoms. The van der Waals surface area contributed by atoms with E-state index in [1.807, 2.05) is 0 Å². The summed E-state index contributed by atoms with van der Waals surface area (Å²) < 4.78 is 21.3. The van der Waals surface area contributed by atoms with E-state index in [0.29, 0.717) is 34.2 Å². The van der Waals surface area contributed by atoms with Gasteiger partial charge >= 0.3 is 12.2 Å². The second kappa shape index (κ2) is 11.6. The number of ether oxygens (including phenoxy) is 4. The van der Waals surface area contributed by atoms with Gasteiger partial charge in [-0.3, -0.25) is 0 Å². The van der Waals surface area contributed by atoms with Crippen molar-refractivity contribution in [1.29, 1.82) is 0 Å². The average molecular weight is 465 g/mol. The van der Waals surface area contributed by atoms with Gasteiger partial charge in [0.25, 0.3) is 0 Å². The molecule has 8 nitrogen and oxygen atoms in total. The maximum absolute atomic E-state index is 13.0. The Bertz CT molecular complexity index is 1050. The van der Waals surface area contributed by atoms with E-state index in [-0.39, 0.29) is 13.2 Å². The molecule has 0 saturated carbocycles. The number of carbonyl (C=O) groups excluding carboxylic acids is 2. The van der Waals surface area contributed by atoms with E-state index in [9.17, 15) is 9.59 Å². The molecule has 0 spiro atoms. The Kier molecular flexibility index (Phi) is 8.34. The second-order valence-corrected chi connectivity index (χ2v) is 6.99. The number of anilines is 4. The van der Waals surface area contributed by atoms with Gasteiger partial charge in [-0.05, 0) is 56.3 Å². The molecule has 0 aliphatic rings. The molecule has 8 heteroatoms. The fourth-order valence-corrected chi connectivity index (χ4v) is 3.37. The molecule has 0 atom stereocenters. The fraction of sp³-hybridized carbons (Fsp3) is 0.231. The molecule has 3 aromatic carbocycles. The Morgan fingerprint density at radius 3 is 1.32 bits per heavy atom. The van der Waals surface area contributed by atoms with Crippen LogP contribution in [0, 0.1) is 0 Å². The Labute approximate surface area is 199 Å². The monoisotopic (exact) mass is 464 g/mol. The van der Waals surface area contributed by atoms with Crippen LogP contribution in [-0.4, -0.2) is 39.6 Å². The summed E-state index contributed by atoms with van der Waals surface area (Å²) in [5.74, 6) is 1.18. The molecular weight excluding hydrogens is 436 g/mol. The highest BCUT2D eigenvalue weighted by molar-refractivity contribution is 6.00. The summed E-state index contributed by atoms with van der Waals surface area (Å²) in [6, 6.07) is 21.1. The normalized spacial score (nSPS) is 10.2. The summed E-state index contributed by atoms with van der Waals surface area (Å²) >= 11 is 0. The lowest BCUT2D eigenvalue weighted by Crippen LogP contribution is -2.29. The topological polar surface area (TPSA) is 77.5 Å². The lowest BCUT2D eigenvalue weighted by Gasteiger charge is -2.26. The lowest BCUT2D eigenvalue weighted by molar-refractivity contribution is 0.162. The van der Waals surface area contributed by atoms with Gasteiger partial charge in [0.1, 0.15) is 11.5 Å². The van der Waals surface area contributed by atoms with Crippen LogP contribution in [0.1, 0.15) is 13.8 Å². The summed E-state index contributed by atoms with van der Waals surface area (Å²) in [5, 5.41) is 0. The van der Waals surface area contributed by atoms with E-state index in [0.717, 1.165) is 0 Å². The second-order valence-electron chi connectivity index (χ2n) is 6.99. The summed E-state index contributed by atoms with van der Waals surface area (Å²) in [6.07, 6.45) is -1.12. The van der Waals surface area contributed by atoms with Crippen LogP contribution in [0.2, 0.25) is 0 Å². The van der Waals surface area contributed by atoms with Gasteiger partial charge in [-0.15, -0.1) is 0 Å². The number of methoxy groups -OCH3 is 2. The van der Waals surface area contributed by atoms with Gasteiger partial charge in [0.05, 0.1) is 50.2 Å². The highest BCUT2D eigenvalue weighted by atomic mass is 16.6. The maximum Gasteiger partial charge on any atom is 0.418 e. The molecule has 0 aliphatic carbocycles. The predicted molar refractivity (Wildman–Crippen MR) is 131 cm³/mol. The number of nitrogens with zero attached hydrogens (tertiary/aromatic N) is 2. The molecule has 0 radical (unpaired) electrons. The third kappa shape index (κ3) is 5.58. The van der Waals surface area contributed by atoms with E-state index in [1.54, 1.807) is 101 Å². The predicted octanol–water partition coefficient (Wildman–Crippen LogP) is 6.29. The Balaban J connectivity index is 2.12. The number of amides is 2.